The maximum atomic E-state index is 4.86. The number of rotatable bonds is 4. The van der Waals surface area contributed by atoms with Crippen LogP contribution in [0.4, 0.5) is 17.1 Å². The Kier molecular flexibility index (Phi) is 6.40. The summed E-state index contributed by atoms with van der Waals surface area (Å²) in [6.07, 6.45) is 1.89. The molecule has 1 aliphatic heterocycles. The smallest absolute Gasteiger partial charge is 0.0859 e. The molecule has 0 saturated carbocycles. The number of anilines is 2. The van der Waals surface area contributed by atoms with Gasteiger partial charge in [0.2, 0.25) is 0 Å². The number of aromatic nitrogens is 1. The number of fused-ring (bicyclic) bond motifs is 11. The van der Waals surface area contributed by atoms with Crippen LogP contribution >= 0.6 is 0 Å². The Morgan fingerprint density at radius 1 is 0.500 bits per heavy atom. The topological polar surface area (TPSA) is 28.5 Å². The van der Waals surface area contributed by atoms with Gasteiger partial charge in [0.1, 0.15) is 0 Å². The molecule has 0 spiro atoms. The third kappa shape index (κ3) is 4.37. The first-order valence-electron chi connectivity index (χ1n) is 17.0. The van der Waals surface area contributed by atoms with Crippen LogP contribution in [0.2, 0.25) is 0 Å². The lowest BCUT2D eigenvalue weighted by Gasteiger charge is -2.34. The van der Waals surface area contributed by atoms with Crippen LogP contribution in [-0.4, -0.2) is 11.7 Å². The van der Waals surface area contributed by atoms with Crippen molar-refractivity contribution in [1.82, 2.24) is 4.98 Å². The molecule has 0 aliphatic carbocycles. The molecule has 3 heteroatoms. The second kappa shape index (κ2) is 11.3. The van der Waals surface area contributed by atoms with Crippen LogP contribution in [0.5, 0.6) is 0 Å². The fourth-order valence-corrected chi connectivity index (χ4v) is 8.03. The highest BCUT2D eigenvalue weighted by Gasteiger charge is 2.27. The summed E-state index contributed by atoms with van der Waals surface area (Å²) in [7, 11) is 0. The lowest BCUT2D eigenvalue weighted by molar-refractivity contribution is 0.963. The van der Waals surface area contributed by atoms with Gasteiger partial charge in [0.25, 0.3) is 0 Å². The first-order valence-corrected chi connectivity index (χ1v) is 17.0. The SMILES string of the molecule is C=Nc1ccccc1N1Cc2ccc3cccnc3c2-c2ccc(-c3cccc(-c4ccc5c6ccccc6c6ccccc6c5c4)c3)cc21. The molecule has 50 heavy (non-hydrogen) atoms. The van der Waals surface area contributed by atoms with Gasteiger partial charge in [0.05, 0.1) is 22.6 Å². The third-order valence-electron chi connectivity index (χ3n) is 10.4. The zero-order valence-corrected chi connectivity index (χ0v) is 27.3. The van der Waals surface area contributed by atoms with Crippen LogP contribution in [0, 0.1) is 0 Å². The van der Waals surface area contributed by atoms with E-state index in [9.17, 15) is 0 Å². The summed E-state index contributed by atoms with van der Waals surface area (Å²) in [6.45, 7) is 4.61. The number of hydrogen-bond donors (Lipinski definition) is 0. The van der Waals surface area contributed by atoms with Gasteiger partial charge in [-0.2, -0.15) is 0 Å². The highest BCUT2D eigenvalue weighted by atomic mass is 15.2. The second-order valence-corrected chi connectivity index (χ2v) is 13.1. The quantitative estimate of drug-likeness (QED) is 0.142. The lowest BCUT2D eigenvalue weighted by atomic mass is 9.88. The minimum Gasteiger partial charge on any atom is -0.335 e. The van der Waals surface area contributed by atoms with Gasteiger partial charge in [-0.3, -0.25) is 9.98 Å². The normalized spacial score (nSPS) is 12.4. The summed E-state index contributed by atoms with van der Waals surface area (Å²) in [5.41, 5.74) is 12.4. The van der Waals surface area contributed by atoms with E-state index in [0.29, 0.717) is 6.54 Å². The van der Waals surface area contributed by atoms with Crippen molar-refractivity contribution < 1.29 is 0 Å². The molecule has 0 radical (unpaired) electrons. The molecule has 10 rings (SSSR count). The van der Waals surface area contributed by atoms with Crippen LogP contribution in [0.15, 0.2) is 169 Å². The standard InChI is InChI=1S/C47H31N3/c1-48-43-17-6-7-18-44(43)50-29-35-20-19-30-12-9-25-49-47(30)46(35)41-24-22-34(28-45(41)50)32-11-8-10-31(26-32)33-21-23-40-38-15-3-2-13-36(38)37-14-4-5-16-39(37)42(40)27-33/h2-28H,1,29H2. The molecule has 2 heterocycles. The molecule has 0 fully saturated rings. The Bertz CT molecular complexity index is 2800. The van der Waals surface area contributed by atoms with Crippen molar-refractivity contribution in [3.63, 3.8) is 0 Å². The van der Waals surface area contributed by atoms with Crippen molar-refractivity contribution >= 4 is 67.0 Å². The summed E-state index contributed by atoms with van der Waals surface area (Å²) >= 11 is 0. The second-order valence-electron chi connectivity index (χ2n) is 13.1. The van der Waals surface area contributed by atoms with E-state index in [2.05, 4.69) is 156 Å². The largest absolute Gasteiger partial charge is 0.335 e. The molecular formula is C47H31N3. The lowest BCUT2D eigenvalue weighted by Crippen LogP contribution is -2.22. The summed E-state index contributed by atoms with van der Waals surface area (Å²) in [5, 5.41) is 8.86. The van der Waals surface area contributed by atoms with Crippen molar-refractivity contribution in [1.29, 1.82) is 0 Å². The van der Waals surface area contributed by atoms with E-state index < -0.39 is 0 Å². The summed E-state index contributed by atoms with van der Waals surface area (Å²) in [5.74, 6) is 0. The fourth-order valence-electron chi connectivity index (χ4n) is 8.03. The molecule has 1 aliphatic rings. The first kappa shape index (κ1) is 28.4. The Morgan fingerprint density at radius 2 is 1.14 bits per heavy atom. The summed E-state index contributed by atoms with van der Waals surface area (Å²) in [4.78, 5) is 11.6. The van der Waals surface area contributed by atoms with Gasteiger partial charge >= 0.3 is 0 Å². The average Bonchev–Trinajstić information content (AvgIpc) is 3.20. The van der Waals surface area contributed by atoms with Crippen LogP contribution in [0.25, 0.3) is 76.6 Å². The van der Waals surface area contributed by atoms with Gasteiger partial charge in [-0.1, -0.05) is 121 Å². The molecule has 0 bridgehead atoms. The van der Waals surface area contributed by atoms with E-state index in [4.69, 9.17) is 4.98 Å². The number of pyridine rings is 1. The zero-order valence-electron chi connectivity index (χ0n) is 27.3. The Morgan fingerprint density at radius 3 is 1.90 bits per heavy atom. The van der Waals surface area contributed by atoms with E-state index in [1.807, 2.05) is 24.4 Å². The highest BCUT2D eigenvalue weighted by molar-refractivity contribution is 6.25. The fraction of sp³-hybridized carbons (Fsp3) is 0.0213. The van der Waals surface area contributed by atoms with Crippen molar-refractivity contribution in [2.45, 2.75) is 6.54 Å². The summed E-state index contributed by atoms with van der Waals surface area (Å²) < 4.78 is 0. The van der Waals surface area contributed by atoms with E-state index in [-0.39, 0.29) is 0 Å². The molecule has 0 saturated heterocycles. The van der Waals surface area contributed by atoms with Gasteiger partial charge in [-0.05, 0) is 103 Å². The van der Waals surface area contributed by atoms with Gasteiger partial charge in [0.15, 0.2) is 0 Å². The van der Waals surface area contributed by atoms with Crippen LogP contribution in [0.3, 0.4) is 0 Å². The molecule has 8 aromatic carbocycles. The number of aliphatic imine (C=N–C) groups is 1. The number of nitrogens with zero attached hydrogens (tertiary/aromatic N) is 3. The van der Waals surface area contributed by atoms with E-state index >= 15 is 0 Å². The van der Waals surface area contributed by atoms with Crippen LogP contribution in [0.1, 0.15) is 5.56 Å². The molecule has 0 atom stereocenters. The van der Waals surface area contributed by atoms with Crippen molar-refractivity contribution in [3.05, 3.63) is 169 Å². The number of benzene rings is 8. The molecular weight excluding hydrogens is 607 g/mol. The molecule has 234 valence electrons. The van der Waals surface area contributed by atoms with Crippen molar-refractivity contribution in [2.75, 3.05) is 4.90 Å². The molecule has 9 aromatic rings. The van der Waals surface area contributed by atoms with Gasteiger partial charge in [0, 0.05) is 29.3 Å². The van der Waals surface area contributed by atoms with Gasteiger partial charge in [-0.25, -0.2) is 0 Å². The Labute approximate surface area is 290 Å². The predicted molar refractivity (Wildman–Crippen MR) is 212 cm³/mol. The van der Waals surface area contributed by atoms with Crippen molar-refractivity contribution in [3.8, 4) is 33.4 Å². The molecule has 3 nitrogen and oxygen atoms in total. The van der Waals surface area contributed by atoms with Gasteiger partial charge < -0.3 is 4.90 Å². The number of para-hydroxylation sites is 2. The molecule has 0 amide bonds. The zero-order chi connectivity index (χ0) is 33.2. The van der Waals surface area contributed by atoms with E-state index in [1.165, 1.54) is 65.7 Å². The Hall–Kier alpha value is -6.58. The molecule has 0 unspecified atom stereocenters. The van der Waals surface area contributed by atoms with Gasteiger partial charge in [-0.15, -0.1) is 0 Å². The maximum absolute atomic E-state index is 4.86. The van der Waals surface area contributed by atoms with Crippen LogP contribution in [-0.2, 0) is 6.54 Å². The minimum absolute atomic E-state index is 0.713. The Balaban J connectivity index is 1.14. The molecule has 1 aromatic heterocycles. The number of hydrogen-bond acceptors (Lipinski definition) is 3. The predicted octanol–water partition coefficient (Wildman–Crippen LogP) is 12.7. The van der Waals surface area contributed by atoms with Crippen LogP contribution < -0.4 is 4.90 Å². The van der Waals surface area contributed by atoms with E-state index in [0.717, 1.165) is 33.5 Å². The first-order chi connectivity index (χ1) is 24.7. The minimum atomic E-state index is 0.713. The average molecular weight is 638 g/mol. The molecule has 0 N–H and O–H groups in total. The maximum Gasteiger partial charge on any atom is 0.0859 e. The highest BCUT2D eigenvalue weighted by Crippen LogP contribution is 2.48. The van der Waals surface area contributed by atoms with Crippen molar-refractivity contribution in [2.24, 2.45) is 4.99 Å². The monoisotopic (exact) mass is 637 g/mol. The summed E-state index contributed by atoms with van der Waals surface area (Å²) in [6, 6.07) is 57.1. The van der Waals surface area contributed by atoms with E-state index in [1.54, 1.807) is 0 Å². The third-order valence-corrected chi connectivity index (χ3v) is 10.4.